The Hall–Kier alpha value is -0.650. The second-order valence-electron chi connectivity index (χ2n) is 4.12. The molecule has 16 heavy (non-hydrogen) atoms. The van der Waals surface area contributed by atoms with Gasteiger partial charge in [-0.15, -0.1) is 0 Å². The van der Waals surface area contributed by atoms with Gasteiger partial charge >= 0.3 is 0 Å². The molecule has 0 aromatic rings. The smallest absolute Gasteiger partial charge is 0.234 e. The second-order valence-corrected chi connectivity index (χ2v) is 4.12. The van der Waals surface area contributed by atoms with Crippen molar-refractivity contribution in [2.75, 3.05) is 40.0 Å². The molecule has 0 aromatic heterocycles. The number of methoxy groups -OCH3 is 1. The van der Waals surface area contributed by atoms with Crippen LogP contribution in [-0.4, -0.2) is 61.9 Å². The molecule has 0 aromatic carbocycles. The summed E-state index contributed by atoms with van der Waals surface area (Å²) in [5.41, 5.74) is 0. The van der Waals surface area contributed by atoms with Crippen LogP contribution in [0.25, 0.3) is 0 Å². The molecular weight excluding hydrogens is 208 g/mol. The lowest BCUT2D eigenvalue weighted by Crippen LogP contribution is -2.47. The number of hydrogen-bond acceptors (Lipinski definition) is 4. The van der Waals surface area contributed by atoms with Gasteiger partial charge in [-0.3, -0.25) is 9.69 Å². The topological polar surface area (TPSA) is 61.8 Å². The zero-order chi connectivity index (χ0) is 11.8. The van der Waals surface area contributed by atoms with Gasteiger partial charge in [-0.1, -0.05) is 6.42 Å². The van der Waals surface area contributed by atoms with E-state index in [1.165, 1.54) is 6.42 Å². The van der Waals surface area contributed by atoms with E-state index < -0.39 is 0 Å². The number of rotatable bonds is 8. The summed E-state index contributed by atoms with van der Waals surface area (Å²) in [5, 5.41) is 11.7. The number of amides is 1. The Morgan fingerprint density at radius 3 is 2.81 bits per heavy atom. The van der Waals surface area contributed by atoms with Crippen molar-refractivity contribution in [3.63, 3.8) is 0 Å². The Labute approximate surface area is 96.8 Å². The first kappa shape index (κ1) is 13.4. The lowest BCUT2D eigenvalue weighted by Gasteiger charge is -2.36. The van der Waals surface area contributed by atoms with Crippen LogP contribution >= 0.6 is 0 Å². The maximum atomic E-state index is 11.6. The minimum Gasteiger partial charge on any atom is -0.395 e. The fraction of sp³-hybridized carbons (Fsp3) is 0.909. The predicted molar refractivity (Wildman–Crippen MR) is 61.2 cm³/mol. The van der Waals surface area contributed by atoms with Crippen molar-refractivity contribution >= 4 is 5.91 Å². The van der Waals surface area contributed by atoms with E-state index in [1.54, 1.807) is 7.11 Å². The molecule has 0 heterocycles. The van der Waals surface area contributed by atoms with E-state index in [0.717, 1.165) is 12.8 Å². The highest BCUT2D eigenvalue weighted by molar-refractivity contribution is 5.78. The minimum atomic E-state index is 0.0115. The summed E-state index contributed by atoms with van der Waals surface area (Å²) in [6.07, 6.45) is 3.52. The summed E-state index contributed by atoms with van der Waals surface area (Å²) in [6.45, 7) is 2.17. The molecule has 5 heteroatoms. The Morgan fingerprint density at radius 1 is 1.56 bits per heavy atom. The molecule has 1 saturated carbocycles. The van der Waals surface area contributed by atoms with Gasteiger partial charge in [-0.05, 0) is 12.8 Å². The van der Waals surface area contributed by atoms with Crippen molar-refractivity contribution in [1.29, 1.82) is 0 Å². The lowest BCUT2D eigenvalue weighted by molar-refractivity contribution is -0.123. The molecule has 0 saturated heterocycles. The third-order valence-corrected chi connectivity index (χ3v) is 2.95. The van der Waals surface area contributed by atoms with Gasteiger partial charge in [0.2, 0.25) is 5.91 Å². The van der Waals surface area contributed by atoms with Crippen LogP contribution in [0.2, 0.25) is 0 Å². The van der Waals surface area contributed by atoms with Crippen molar-refractivity contribution in [3.8, 4) is 0 Å². The summed E-state index contributed by atoms with van der Waals surface area (Å²) >= 11 is 0. The van der Waals surface area contributed by atoms with Crippen LogP contribution in [0.4, 0.5) is 0 Å². The molecule has 1 aliphatic rings. The molecule has 94 valence electrons. The molecule has 2 N–H and O–H groups in total. The number of ether oxygens (including phenoxy) is 1. The van der Waals surface area contributed by atoms with Crippen LogP contribution in [0.1, 0.15) is 19.3 Å². The van der Waals surface area contributed by atoms with Gasteiger partial charge in [-0.2, -0.15) is 0 Å². The third kappa shape index (κ3) is 4.47. The summed E-state index contributed by atoms with van der Waals surface area (Å²) in [5.74, 6) is 0.0115. The Morgan fingerprint density at radius 2 is 2.31 bits per heavy atom. The van der Waals surface area contributed by atoms with E-state index in [-0.39, 0.29) is 12.5 Å². The Balaban J connectivity index is 2.21. The van der Waals surface area contributed by atoms with E-state index >= 15 is 0 Å². The van der Waals surface area contributed by atoms with Gasteiger partial charge in [0.25, 0.3) is 0 Å². The first-order valence-corrected chi connectivity index (χ1v) is 5.88. The molecule has 0 unspecified atom stereocenters. The van der Waals surface area contributed by atoms with Crippen LogP contribution in [0, 0.1) is 0 Å². The normalized spacial score (nSPS) is 16.2. The van der Waals surface area contributed by atoms with Crippen LogP contribution in [-0.2, 0) is 9.53 Å². The number of nitrogens with zero attached hydrogens (tertiary/aromatic N) is 1. The molecule has 1 fully saturated rings. The summed E-state index contributed by atoms with van der Waals surface area (Å²) < 4.78 is 4.86. The van der Waals surface area contributed by atoms with Crippen molar-refractivity contribution < 1.29 is 14.6 Å². The standard InChI is InChI=1S/C11H22N2O3/c1-16-8-5-12-11(15)9-13(6-7-14)10-3-2-4-10/h10,14H,2-9H2,1H3,(H,12,15). The highest BCUT2D eigenvalue weighted by Gasteiger charge is 2.25. The SMILES string of the molecule is COCCNC(=O)CN(CCO)C1CCC1. The predicted octanol–water partition coefficient (Wildman–Crippen LogP) is -0.404. The number of carbonyl (C=O) groups is 1. The minimum absolute atomic E-state index is 0.0115. The molecule has 5 nitrogen and oxygen atoms in total. The van der Waals surface area contributed by atoms with E-state index in [0.29, 0.717) is 32.3 Å². The molecule has 0 bridgehead atoms. The first-order chi connectivity index (χ1) is 7.77. The fourth-order valence-electron chi connectivity index (χ4n) is 1.80. The second kappa shape index (κ2) is 7.60. The molecule has 0 spiro atoms. The maximum absolute atomic E-state index is 11.6. The fourth-order valence-corrected chi connectivity index (χ4v) is 1.80. The number of carbonyl (C=O) groups excluding carboxylic acids is 1. The molecule has 1 rings (SSSR count). The monoisotopic (exact) mass is 230 g/mol. The van der Waals surface area contributed by atoms with Gasteiger partial charge in [0.15, 0.2) is 0 Å². The van der Waals surface area contributed by atoms with Gasteiger partial charge < -0.3 is 15.2 Å². The average Bonchev–Trinajstić information content (AvgIpc) is 2.15. The van der Waals surface area contributed by atoms with Gasteiger partial charge in [0, 0.05) is 26.2 Å². The highest BCUT2D eigenvalue weighted by Crippen LogP contribution is 2.24. The van der Waals surface area contributed by atoms with E-state index in [9.17, 15) is 4.79 Å². The van der Waals surface area contributed by atoms with Gasteiger partial charge in [-0.25, -0.2) is 0 Å². The summed E-state index contributed by atoms with van der Waals surface area (Å²) in [4.78, 5) is 13.6. The van der Waals surface area contributed by atoms with Crippen molar-refractivity contribution in [2.45, 2.75) is 25.3 Å². The van der Waals surface area contributed by atoms with Crippen LogP contribution < -0.4 is 5.32 Å². The lowest BCUT2D eigenvalue weighted by atomic mass is 9.91. The number of aliphatic hydroxyl groups excluding tert-OH is 1. The number of hydrogen-bond donors (Lipinski definition) is 2. The van der Waals surface area contributed by atoms with E-state index in [4.69, 9.17) is 9.84 Å². The molecular formula is C11H22N2O3. The molecule has 1 amide bonds. The quantitative estimate of drug-likeness (QED) is 0.557. The highest BCUT2D eigenvalue weighted by atomic mass is 16.5. The number of aliphatic hydroxyl groups is 1. The first-order valence-electron chi connectivity index (χ1n) is 5.88. The van der Waals surface area contributed by atoms with Crippen molar-refractivity contribution in [2.24, 2.45) is 0 Å². The largest absolute Gasteiger partial charge is 0.395 e. The molecule has 0 radical (unpaired) electrons. The summed E-state index contributed by atoms with van der Waals surface area (Å²) in [7, 11) is 1.61. The van der Waals surface area contributed by atoms with E-state index in [2.05, 4.69) is 10.2 Å². The van der Waals surface area contributed by atoms with Crippen LogP contribution in [0.15, 0.2) is 0 Å². The molecule has 0 atom stereocenters. The van der Waals surface area contributed by atoms with Crippen LogP contribution in [0.5, 0.6) is 0 Å². The zero-order valence-corrected chi connectivity index (χ0v) is 9.95. The summed E-state index contributed by atoms with van der Waals surface area (Å²) in [6, 6.07) is 0.486. The zero-order valence-electron chi connectivity index (χ0n) is 9.95. The maximum Gasteiger partial charge on any atom is 0.234 e. The van der Waals surface area contributed by atoms with Crippen molar-refractivity contribution in [3.05, 3.63) is 0 Å². The third-order valence-electron chi connectivity index (χ3n) is 2.95. The Bertz CT molecular complexity index is 207. The number of nitrogens with one attached hydrogen (secondary N) is 1. The Kier molecular flexibility index (Phi) is 6.37. The molecule has 1 aliphatic carbocycles. The molecule has 0 aliphatic heterocycles. The average molecular weight is 230 g/mol. The van der Waals surface area contributed by atoms with Gasteiger partial charge in [0.05, 0.1) is 19.8 Å². The van der Waals surface area contributed by atoms with Crippen molar-refractivity contribution in [1.82, 2.24) is 10.2 Å². The van der Waals surface area contributed by atoms with Crippen LogP contribution in [0.3, 0.4) is 0 Å². The van der Waals surface area contributed by atoms with E-state index in [1.807, 2.05) is 0 Å². The van der Waals surface area contributed by atoms with Gasteiger partial charge in [0.1, 0.15) is 0 Å².